The van der Waals surface area contributed by atoms with E-state index in [0.29, 0.717) is 26.3 Å². The van der Waals surface area contributed by atoms with Crippen LogP contribution in [0.1, 0.15) is 15.9 Å². The average Bonchev–Trinajstić information content (AvgIpc) is 2.38. The van der Waals surface area contributed by atoms with Crippen LogP contribution >= 0.6 is 0 Å². The molecule has 1 fully saturated rings. The van der Waals surface area contributed by atoms with Gasteiger partial charge >= 0.3 is 0 Å². The summed E-state index contributed by atoms with van der Waals surface area (Å²) in [4.78, 5) is 24.2. The molecule has 1 aromatic rings. The molecule has 0 aromatic heterocycles. The second-order valence-electron chi connectivity index (χ2n) is 4.18. The van der Waals surface area contributed by atoms with Crippen LogP contribution in [-0.4, -0.2) is 42.0 Å². The summed E-state index contributed by atoms with van der Waals surface area (Å²) in [5, 5.41) is 10.9. The van der Waals surface area contributed by atoms with E-state index in [9.17, 15) is 14.9 Å². The Bertz CT molecular complexity index is 481. The summed E-state index contributed by atoms with van der Waals surface area (Å²) in [7, 11) is 0. The Labute approximate surface area is 104 Å². The van der Waals surface area contributed by atoms with E-state index in [4.69, 9.17) is 4.74 Å². The Hall–Kier alpha value is -1.95. The summed E-state index contributed by atoms with van der Waals surface area (Å²) >= 11 is 0. The fourth-order valence-corrected chi connectivity index (χ4v) is 1.92. The molecule has 1 heterocycles. The molecule has 1 saturated heterocycles. The van der Waals surface area contributed by atoms with Gasteiger partial charge in [0.15, 0.2) is 0 Å². The highest BCUT2D eigenvalue weighted by Crippen LogP contribution is 2.21. The van der Waals surface area contributed by atoms with Crippen LogP contribution in [0.15, 0.2) is 18.2 Å². The first kappa shape index (κ1) is 12.5. The minimum absolute atomic E-state index is 0.142. The number of ether oxygens (including phenoxy) is 1. The lowest BCUT2D eigenvalue weighted by molar-refractivity contribution is -0.385. The summed E-state index contributed by atoms with van der Waals surface area (Å²) in [6.07, 6.45) is 0. The van der Waals surface area contributed by atoms with Crippen molar-refractivity contribution in [2.45, 2.75) is 6.92 Å². The molecule has 1 aliphatic rings. The van der Waals surface area contributed by atoms with E-state index in [-0.39, 0.29) is 17.2 Å². The van der Waals surface area contributed by atoms with Crippen LogP contribution in [0.4, 0.5) is 5.69 Å². The van der Waals surface area contributed by atoms with Crippen molar-refractivity contribution in [3.63, 3.8) is 0 Å². The second-order valence-corrected chi connectivity index (χ2v) is 4.18. The van der Waals surface area contributed by atoms with Gasteiger partial charge in [0.1, 0.15) is 5.56 Å². The second kappa shape index (κ2) is 5.14. The van der Waals surface area contributed by atoms with E-state index in [2.05, 4.69) is 0 Å². The van der Waals surface area contributed by atoms with Crippen LogP contribution < -0.4 is 0 Å². The van der Waals surface area contributed by atoms with Gasteiger partial charge in [0, 0.05) is 19.2 Å². The Morgan fingerprint density at radius 3 is 2.67 bits per heavy atom. The molecule has 96 valence electrons. The van der Waals surface area contributed by atoms with E-state index in [0.717, 1.165) is 5.56 Å². The van der Waals surface area contributed by atoms with Crippen molar-refractivity contribution >= 4 is 11.6 Å². The molecule has 1 aliphatic heterocycles. The molecule has 6 nitrogen and oxygen atoms in total. The van der Waals surface area contributed by atoms with E-state index in [1.807, 2.05) is 0 Å². The Kier molecular flexibility index (Phi) is 3.57. The van der Waals surface area contributed by atoms with Gasteiger partial charge in [-0.15, -0.1) is 0 Å². The van der Waals surface area contributed by atoms with Crippen LogP contribution in [0.5, 0.6) is 0 Å². The number of benzene rings is 1. The zero-order valence-corrected chi connectivity index (χ0v) is 10.1. The lowest BCUT2D eigenvalue weighted by Gasteiger charge is -2.26. The quantitative estimate of drug-likeness (QED) is 0.587. The molecule has 0 radical (unpaired) electrons. The van der Waals surface area contributed by atoms with Gasteiger partial charge in [-0.25, -0.2) is 0 Å². The summed E-state index contributed by atoms with van der Waals surface area (Å²) in [5.41, 5.74) is 0.844. The maximum Gasteiger partial charge on any atom is 0.282 e. The lowest BCUT2D eigenvalue weighted by Crippen LogP contribution is -2.40. The standard InChI is InChI=1S/C12H14N2O4/c1-9-2-3-11(14(16)17)10(8-9)12(15)13-4-6-18-7-5-13/h2-3,8H,4-7H2,1H3. The van der Waals surface area contributed by atoms with Crippen molar-refractivity contribution in [2.24, 2.45) is 0 Å². The third-order valence-corrected chi connectivity index (χ3v) is 2.88. The molecule has 0 spiro atoms. The third kappa shape index (κ3) is 2.48. The van der Waals surface area contributed by atoms with Gasteiger partial charge in [-0.05, 0) is 18.6 Å². The highest BCUT2D eigenvalue weighted by Gasteiger charge is 2.25. The first-order valence-electron chi connectivity index (χ1n) is 5.71. The van der Waals surface area contributed by atoms with Gasteiger partial charge in [-0.3, -0.25) is 14.9 Å². The number of nitro groups is 1. The predicted molar refractivity (Wildman–Crippen MR) is 64.6 cm³/mol. The highest BCUT2D eigenvalue weighted by molar-refractivity contribution is 5.98. The van der Waals surface area contributed by atoms with Crippen molar-refractivity contribution in [1.82, 2.24) is 4.90 Å². The fourth-order valence-electron chi connectivity index (χ4n) is 1.92. The molecule has 0 bridgehead atoms. The van der Waals surface area contributed by atoms with Gasteiger partial charge in [-0.1, -0.05) is 6.07 Å². The average molecular weight is 250 g/mol. The van der Waals surface area contributed by atoms with Gasteiger partial charge in [-0.2, -0.15) is 0 Å². The number of carbonyl (C=O) groups is 1. The zero-order chi connectivity index (χ0) is 13.1. The minimum atomic E-state index is -0.521. The van der Waals surface area contributed by atoms with Crippen LogP contribution in [0.25, 0.3) is 0 Å². The monoisotopic (exact) mass is 250 g/mol. The van der Waals surface area contributed by atoms with E-state index >= 15 is 0 Å². The number of morpholine rings is 1. The molecule has 0 atom stereocenters. The topological polar surface area (TPSA) is 72.7 Å². The number of amides is 1. The van der Waals surface area contributed by atoms with E-state index < -0.39 is 4.92 Å². The van der Waals surface area contributed by atoms with Crippen LogP contribution in [0, 0.1) is 17.0 Å². The maximum atomic E-state index is 12.2. The SMILES string of the molecule is Cc1ccc([N+](=O)[O-])c(C(=O)N2CCOCC2)c1. The first-order chi connectivity index (χ1) is 8.59. The summed E-state index contributed by atoms with van der Waals surface area (Å²) < 4.78 is 5.16. The summed E-state index contributed by atoms with van der Waals surface area (Å²) in [6, 6.07) is 4.58. The lowest BCUT2D eigenvalue weighted by atomic mass is 10.1. The molecule has 0 aliphatic carbocycles. The Morgan fingerprint density at radius 1 is 1.39 bits per heavy atom. The van der Waals surface area contributed by atoms with Crippen molar-refractivity contribution < 1.29 is 14.5 Å². The number of rotatable bonds is 2. The number of nitro benzene ring substituents is 1. The van der Waals surface area contributed by atoms with Crippen LogP contribution in [-0.2, 0) is 4.74 Å². The molecular formula is C12H14N2O4. The van der Waals surface area contributed by atoms with Gasteiger partial charge in [0.2, 0.25) is 0 Å². The molecule has 6 heteroatoms. The number of hydrogen-bond donors (Lipinski definition) is 0. The Balaban J connectivity index is 2.33. The zero-order valence-electron chi connectivity index (χ0n) is 10.1. The van der Waals surface area contributed by atoms with Crippen LogP contribution in [0.3, 0.4) is 0 Å². The normalized spacial score (nSPS) is 15.5. The smallest absolute Gasteiger partial charge is 0.282 e. The molecule has 0 N–H and O–H groups in total. The predicted octanol–water partition coefficient (Wildman–Crippen LogP) is 1.38. The van der Waals surface area contributed by atoms with Crippen molar-refractivity contribution in [3.05, 3.63) is 39.4 Å². The van der Waals surface area contributed by atoms with E-state index in [1.165, 1.54) is 6.07 Å². The molecule has 0 unspecified atom stereocenters. The number of nitrogens with zero attached hydrogens (tertiary/aromatic N) is 2. The number of carbonyl (C=O) groups excluding carboxylic acids is 1. The maximum absolute atomic E-state index is 12.2. The van der Waals surface area contributed by atoms with Gasteiger partial charge in [0.05, 0.1) is 18.1 Å². The molecule has 1 aromatic carbocycles. The molecular weight excluding hydrogens is 236 g/mol. The van der Waals surface area contributed by atoms with Crippen molar-refractivity contribution in [2.75, 3.05) is 26.3 Å². The van der Waals surface area contributed by atoms with Gasteiger partial charge in [0.25, 0.3) is 11.6 Å². The largest absolute Gasteiger partial charge is 0.378 e. The first-order valence-corrected chi connectivity index (χ1v) is 5.71. The third-order valence-electron chi connectivity index (χ3n) is 2.88. The van der Waals surface area contributed by atoms with Crippen molar-refractivity contribution in [3.8, 4) is 0 Å². The molecule has 18 heavy (non-hydrogen) atoms. The fraction of sp³-hybridized carbons (Fsp3) is 0.417. The molecule has 2 rings (SSSR count). The minimum Gasteiger partial charge on any atom is -0.378 e. The summed E-state index contributed by atoms with van der Waals surface area (Å²) in [6.45, 7) is 3.71. The van der Waals surface area contributed by atoms with E-state index in [1.54, 1.807) is 24.0 Å². The van der Waals surface area contributed by atoms with Crippen LogP contribution in [0.2, 0.25) is 0 Å². The molecule has 1 amide bonds. The Morgan fingerprint density at radius 2 is 2.06 bits per heavy atom. The van der Waals surface area contributed by atoms with Gasteiger partial charge < -0.3 is 9.64 Å². The summed E-state index contributed by atoms with van der Waals surface area (Å²) in [5.74, 6) is -0.297. The highest BCUT2D eigenvalue weighted by atomic mass is 16.6. The van der Waals surface area contributed by atoms with Crippen molar-refractivity contribution in [1.29, 1.82) is 0 Å². The molecule has 0 saturated carbocycles. The number of hydrogen-bond acceptors (Lipinski definition) is 4. The number of aryl methyl sites for hydroxylation is 1.